The Hall–Kier alpha value is 0.247. The molecule has 0 aromatic carbocycles. The fraction of sp³-hybridized carbons (Fsp3) is 1.00. The van der Waals surface area contributed by atoms with Crippen LogP contribution < -0.4 is 0 Å². The van der Waals surface area contributed by atoms with Crippen LogP contribution in [0.5, 0.6) is 0 Å². The molecule has 0 aliphatic carbocycles. The molecule has 0 bridgehead atoms. The van der Waals surface area contributed by atoms with E-state index >= 15 is 0 Å². The fourth-order valence-corrected chi connectivity index (χ4v) is 4.98. The summed E-state index contributed by atoms with van der Waals surface area (Å²) in [7, 11) is -6.69. The van der Waals surface area contributed by atoms with Gasteiger partial charge in [0.1, 0.15) is 0 Å². The van der Waals surface area contributed by atoms with E-state index in [0.29, 0.717) is 32.3 Å². The van der Waals surface area contributed by atoms with Crippen LogP contribution in [0.3, 0.4) is 0 Å². The molecule has 104 valence electrons. The van der Waals surface area contributed by atoms with Gasteiger partial charge in [0.2, 0.25) is 0 Å². The molecule has 0 radical (unpaired) electrons. The maximum absolute atomic E-state index is 10.8. The van der Waals surface area contributed by atoms with Crippen LogP contribution in [0.1, 0.15) is 27.2 Å². The molecule has 0 aromatic heterocycles. The Bertz CT molecular complexity index is 227. The molecular weight excluding hydrogens is 263 g/mol. The van der Waals surface area contributed by atoms with Crippen molar-refractivity contribution in [2.75, 3.05) is 26.0 Å². The Morgan fingerprint density at radius 2 is 1.41 bits per heavy atom. The summed E-state index contributed by atoms with van der Waals surface area (Å²) in [5, 5.41) is 0. The topological polar surface area (TPSA) is 85.2 Å². The summed E-state index contributed by atoms with van der Waals surface area (Å²) >= 11 is 0. The molecule has 0 spiro atoms. The lowest BCUT2D eigenvalue weighted by Crippen LogP contribution is -2.46. The van der Waals surface area contributed by atoms with Gasteiger partial charge in [0.15, 0.2) is 0 Å². The summed E-state index contributed by atoms with van der Waals surface area (Å²) in [5.41, 5.74) is 0. The molecule has 0 aliphatic rings. The highest BCUT2D eigenvalue weighted by atomic mass is 31.2. The smallest absolute Gasteiger partial charge is 0.374 e. The molecule has 0 unspecified atom stereocenters. The lowest BCUT2D eigenvalue weighted by Gasteiger charge is -2.28. The van der Waals surface area contributed by atoms with Crippen molar-refractivity contribution in [3.8, 4) is 0 Å². The van der Waals surface area contributed by atoms with Gasteiger partial charge >= 0.3 is 16.4 Å². The second-order valence-corrected chi connectivity index (χ2v) is 7.98. The largest absolute Gasteiger partial charge is 0.500 e. The lowest BCUT2D eigenvalue weighted by atomic mass is 10.6. The predicted molar refractivity (Wildman–Crippen MR) is 67.0 cm³/mol. The first-order valence-electron chi connectivity index (χ1n) is 5.85. The highest BCUT2D eigenvalue weighted by Gasteiger charge is 2.40. The summed E-state index contributed by atoms with van der Waals surface area (Å²) in [6, 6.07) is 0.438. The summed E-state index contributed by atoms with van der Waals surface area (Å²) in [6.45, 7) is 6.97. The quantitative estimate of drug-likeness (QED) is 0.469. The van der Waals surface area contributed by atoms with Gasteiger partial charge in [-0.2, -0.15) is 0 Å². The molecule has 0 atom stereocenters. The molecular formula is C9H23O6PSi. The van der Waals surface area contributed by atoms with E-state index < -0.39 is 16.4 Å². The average Bonchev–Trinajstić information content (AvgIpc) is 2.16. The van der Waals surface area contributed by atoms with E-state index in [1.54, 1.807) is 0 Å². The molecule has 0 rings (SSSR count). The Morgan fingerprint density at radius 1 is 1.00 bits per heavy atom. The zero-order valence-electron chi connectivity index (χ0n) is 10.7. The highest BCUT2D eigenvalue weighted by Crippen LogP contribution is 2.36. The van der Waals surface area contributed by atoms with Crippen molar-refractivity contribution in [3.63, 3.8) is 0 Å². The summed E-state index contributed by atoms with van der Waals surface area (Å²) in [5.74, 6) is 0. The van der Waals surface area contributed by atoms with Gasteiger partial charge < -0.3 is 23.1 Å². The van der Waals surface area contributed by atoms with Crippen molar-refractivity contribution in [2.45, 2.75) is 33.2 Å². The maximum atomic E-state index is 10.8. The average molecular weight is 286 g/mol. The molecule has 0 saturated carbocycles. The van der Waals surface area contributed by atoms with Crippen molar-refractivity contribution in [3.05, 3.63) is 0 Å². The van der Waals surface area contributed by atoms with E-state index in [0.717, 1.165) is 0 Å². The first kappa shape index (κ1) is 17.2. The van der Waals surface area contributed by atoms with E-state index in [-0.39, 0.29) is 6.16 Å². The van der Waals surface area contributed by atoms with Crippen LogP contribution in [-0.4, -0.2) is 44.6 Å². The third-order valence-corrected chi connectivity index (χ3v) is 6.08. The van der Waals surface area contributed by atoms with Crippen LogP contribution in [0.2, 0.25) is 6.04 Å². The third-order valence-electron chi connectivity index (χ3n) is 2.03. The van der Waals surface area contributed by atoms with E-state index in [2.05, 4.69) is 0 Å². The van der Waals surface area contributed by atoms with Crippen molar-refractivity contribution in [1.82, 2.24) is 0 Å². The van der Waals surface area contributed by atoms with Gasteiger partial charge in [0, 0.05) is 32.0 Å². The van der Waals surface area contributed by atoms with E-state index in [1.807, 2.05) is 20.8 Å². The van der Waals surface area contributed by atoms with E-state index in [4.69, 9.17) is 23.1 Å². The second kappa shape index (κ2) is 8.37. The third kappa shape index (κ3) is 8.04. The van der Waals surface area contributed by atoms with Crippen LogP contribution in [0.15, 0.2) is 0 Å². The first-order valence-corrected chi connectivity index (χ1v) is 9.58. The van der Waals surface area contributed by atoms with Gasteiger partial charge in [-0.3, -0.25) is 4.57 Å². The van der Waals surface area contributed by atoms with Gasteiger partial charge in [-0.15, -0.1) is 0 Å². The van der Waals surface area contributed by atoms with Crippen molar-refractivity contribution in [2.24, 2.45) is 0 Å². The minimum atomic E-state index is -3.95. The maximum Gasteiger partial charge on any atom is 0.500 e. The van der Waals surface area contributed by atoms with E-state index in [1.165, 1.54) is 0 Å². The van der Waals surface area contributed by atoms with Crippen LogP contribution in [0.4, 0.5) is 0 Å². The fourth-order valence-electron chi connectivity index (χ4n) is 1.50. The number of hydrogen-bond donors (Lipinski definition) is 2. The molecule has 2 N–H and O–H groups in total. The van der Waals surface area contributed by atoms with Gasteiger partial charge in [-0.05, 0) is 27.2 Å². The van der Waals surface area contributed by atoms with Crippen LogP contribution in [0.25, 0.3) is 0 Å². The summed E-state index contributed by atoms with van der Waals surface area (Å²) < 4.78 is 27.5. The minimum Gasteiger partial charge on any atom is -0.374 e. The Balaban J connectivity index is 4.38. The normalized spacial score (nSPS) is 13.0. The molecule has 8 heteroatoms. The molecule has 0 heterocycles. The highest BCUT2D eigenvalue weighted by molar-refractivity contribution is 7.51. The molecule has 6 nitrogen and oxygen atoms in total. The Morgan fingerprint density at radius 3 is 1.71 bits per heavy atom. The first-order chi connectivity index (χ1) is 7.89. The zero-order chi connectivity index (χ0) is 13.4. The van der Waals surface area contributed by atoms with Gasteiger partial charge in [-0.25, -0.2) is 0 Å². The molecule has 17 heavy (non-hydrogen) atoms. The summed E-state index contributed by atoms with van der Waals surface area (Å²) in [4.78, 5) is 17.6. The second-order valence-electron chi connectivity index (χ2n) is 3.47. The van der Waals surface area contributed by atoms with Crippen LogP contribution >= 0.6 is 7.60 Å². The number of rotatable bonds is 10. The SMILES string of the molecule is CCO[Si](CCCP(=O)(O)O)(OCC)OCC. The molecule has 0 amide bonds. The summed E-state index contributed by atoms with van der Waals surface area (Å²) in [6.07, 6.45) is 0.186. The molecule has 0 saturated heterocycles. The minimum absolute atomic E-state index is 0.158. The zero-order valence-corrected chi connectivity index (χ0v) is 12.6. The standard InChI is InChI=1S/C9H23O6PSi/c1-4-13-17(14-5-2,15-6-3)9-7-8-16(10,11)12/h4-9H2,1-3H3,(H2,10,11,12). The monoisotopic (exact) mass is 286 g/mol. The van der Waals surface area contributed by atoms with Gasteiger partial charge in [0.25, 0.3) is 0 Å². The van der Waals surface area contributed by atoms with Crippen molar-refractivity contribution < 1.29 is 27.6 Å². The molecule has 0 aromatic rings. The van der Waals surface area contributed by atoms with E-state index in [9.17, 15) is 4.57 Å². The van der Waals surface area contributed by atoms with Crippen LogP contribution in [0, 0.1) is 0 Å². The van der Waals surface area contributed by atoms with Gasteiger partial charge in [0.05, 0.1) is 0 Å². The molecule has 0 fully saturated rings. The Labute approximate surface area is 104 Å². The van der Waals surface area contributed by atoms with Gasteiger partial charge in [-0.1, -0.05) is 0 Å². The number of hydrogen-bond acceptors (Lipinski definition) is 4. The lowest BCUT2D eigenvalue weighted by molar-refractivity contribution is 0.0712. The van der Waals surface area contributed by atoms with Crippen molar-refractivity contribution in [1.29, 1.82) is 0 Å². The van der Waals surface area contributed by atoms with Crippen molar-refractivity contribution >= 4 is 16.4 Å². The predicted octanol–water partition coefficient (Wildman–Crippen LogP) is 1.60. The Kier molecular flexibility index (Phi) is 8.49. The van der Waals surface area contributed by atoms with Crippen LogP contribution in [-0.2, 0) is 17.8 Å². The molecule has 0 aliphatic heterocycles.